The Balaban J connectivity index is 1.42. The van der Waals surface area contributed by atoms with E-state index in [2.05, 4.69) is 41.1 Å². The Bertz CT molecular complexity index is 1360. The Labute approximate surface area is 177 Å². The number of aromatic nitrogens is 6. The summed E-state index contributed by atoms with van der Waals surface area (Å²) >= 11 is 0. The summed E-state index contributed by atoms with van der Waals surface area (Å²) in [7, 11) is 0. The smallest absolute Gasteiger partial charge is 0.178 e. The van der Waals surface area contributed by atoms with E-state index in [0.717, 1.165) is 41.8 Å². The van der Waals surface area contributed by atoms with Crippen molar-refractivity contribution >= 4 is 22.1 Å². The minimum Gasteiger partial charge on any atom is -0.335 e. The van der Waals surface area contributed by atoms with Crippen molar-refractivity contribution in [2.24, 2.45) is 0 Å². The average molecular weight is 413 g/mol. The third-order valence-corrected chi connectivity index (χ3v) is 5.84. The Hall–Kier alpha value is -3.65. The summed E-state index contributed by atoms with van der Waals surface area (Å²) in [5, 5.41) is 7.78. The predicted molar refractivity (Wildman–Crippen MR) is 117 cm³/mol. The van der Waals surface area contributed by atoms with Crippen LogP contribution in [-0.4, -0.2) is 48.1 Å². The van der Waals surface area contributed by atoms with Gasteiger partial charge in [-0.15, -0.1) is 0 Å². The number of benzene rings is 1. The van der Waals surface area contributed by atoms with Crippen molar-refractivity contribution in [1.29, 1.82) is 0 Å². The zero-order valence-electron chi connectivity index (χ0n) is 16.8. The SMILES string of the molecule is Fc1cc(-c2cncc(CN3CCCC3)c2)cc2c(-c3nc4ncccc4[nH]3)[nH]nc12. The first-order chi connectivity index (χ1) is 15.2. The molecule has 0 aliphatic carbocycles. The van der Waals surface area contributed by atoms with Gasteiger partial charge in [0.1, 0.15) is 11.2 Å². The summed E-state index contributed by atoms with van der Waals surface area (Å²) in [4.78, 5) is 18.9. The van der Waals surface area contributed by atoms with Crippen molar-refractivity contribution in [3.63, 3.8) is 0 Å². The highest BCUT2D eigenvalue weighted by Gasteiger charge is 2.17. The molecule has 0 spiro atoms. The molecule has 4 aromatic heterocycles. The second-order valence-corrected chi connectivity index (χ2v) is 7.98. The second-order valence-electron chi connectivity index (χ2n) is 7.98. The van der Waals surface area contributed by atoms with Crippen molar-refractivity contribution in [2.75, 3.05) is 13.1 Å². The molecule has 7 nitrogen and oxygen atoms in total. The molecule has 2 N–H and O–H groups in total. The van der Waals surface area contributed by atoms with Crippen molar-refractivity contribution in [1.82, 2.24) is 35.0 Å². The molecule has 5 heterocycles. The van der Waals surface area contributed by atoms with Crippen molar-refractivity contribution in [3.05, 3.63) is 60.3 Å². The highest BCUT2D eigenvalue weighted by Crippen LogP contribution is 2.32. The van der Waals surface area contributed by atoms with E-state index < -0.39 is 0 Å². The van der Waals surface area contributed by atoms with Crippen LogP contribution in [-0.2, 0) is 6.54 Å². The fraction of sp³-hybridized carbons (Fsp3) is 0.217. The maximum Gasteiger partial charge on any atom is 0.178 e. The summed E-state index contributed by atoms with van der Waals surface area (Å²) < 4.78 is 14.9. The van der Waals surface area contributed by atoms with Crippen molar-refractivity contribution in [2.45, 2.75) is 19.4 Å². The lowest BCUT2D eigenvalue weighted by molar-refractivity contribution is 0.331. The zero-order chi connectivity index (χ0) is 20.8. The van der Waals surface area contributed by atoms with E-state index in [4.69, 9.17) is 0 Å². The molecule has 6 rings (SSSR count). The van der Waals surface area contributed by atoms with Gasteiger partial charge in [-0.05, 0) is 67.4 Å². The molecule has 1 fully saturated rings. The maximum atomic E-state index is 14.9. The zero-order valence-corrected chi connectivity index (χ0v) is 16.8. The molecule has 0 radical (unpaired) electrons. The van der Waals surface area contributed by atoms with Crippen LogP contribution in [0, 0.1) is 5.82 Å². The molecule has 0 bridgehead atoms. The van der Waals surface area contributed by atoms with E-state index in [1.54, 1.807) is 12.4 Å². The first-order valence-electron chi connectivity index (χ1n) is 10.4. The van der Waals surface area contributed by atoms with Crippen LogP contribution in [0.5, 0.6) is 0 Å². The number of fused-ring (bicyclic) bond motifs is 2. The van der Waals surface area contributed by atoms with Crippen molar-refractivity contribution < 1.29 is 4.39 Å². The van der Waals surface area contributed by atoms with E-state index in [1.165, 1.54) is 18.9 Å². The monoisotopic (exact) mass is 413 g/mol. The van der Waals surface area contributed by atoms with E-state index in [1.807, 2.05) is 24.4 Å². The standard InChI is InChI=1S/C23H20FN7/c24-18-10-15(16-8-14(11-25-12-16)13-31-6-1-2-7-31)9-17-20(18)29-30-21(17)23-27-19-4-3-5-26-22(19)28-23/h3-5,8-12H,1-2,6-7,13H2,(H,29,30)(H,26,27,28). The molecule has 0 saturated carbocycles. The van der Waals surface area contributed by atoms with Gasteiger partial charge < -0.3 is 4.98 Å². The summed E-state index contributed by atoms with van der Waals surface area (Å²) in [6.45, 7) is 3.11. The third kappa shape index (κ3) is 3.25. The normalized spacial score (nSPS) is 14.7. The van der Waals surface area contributed by atoms with Gasteiger partial charge in [-0.3, -0.25) is 15.0 Å². The van der Waals surface area contributed by atoms with Crippen LogP contribution in [0.25, 0.3) is 44.7 Å². The molecule has 8 heteroatoms. The minimum atomic E-state index is -0.380. The molecule has 154 valence electrons. The number of rotatable bonds is 4. The number of halogens is 1. The molecular formula is C23H20FN7. The number of H-pyrrole nitrogens is 2. The number of nitrogens with one attached hydrogen (secondary N) is 2. The molecule has 0 amide bonds. The molecule has 1 aromatic carbocycles. The minimum absolute atomic E-state index is 0.286. The quantitative estimate of drug-likeness (QED) is 0.459. The number of hydrogen-bond acceptors (Lipinski definition) is 5. The lowest BCUT2D eigenvalue weighted by Crippen LogP contribution is -2.18. The molecule has 1 saturated heterocycles. The lowest BCUT2D eigenvalue weighted by atomic mass is 10.0. The van der Waals surface area contributed by atoms with Crippen LogP contribution >= 0.6 is 0 Å². The van der Waals surface area contributed by atoms with Gasteiger partial charge in [-0.2, -0.15) is 5.10 Å². The van der Waals surface area contributed by atoms with E-state index >= 15 is 0 Å². The Morgan fingerprint density at radius 2 is 1.97 bits per heavy atom. The fourth-order valence-electron chi connectivity index (χ4n) is 4.32. The van der Waals surface area contributed by atoms with Gasteiger partial charge in [0.25, 0.3) is 0 Å². The van der Waals surface area contributed by atoms with Crippen LogP contribution in [0.15, 0.2) is 48.9 Å². The number of nitrogens with zero attached hydrogens (tertiary/aromatic N) is 5. The van der Waals surface area contributed by atoms with E-state index in [9.17, 15) is 4.39 Å². The number of hydrogen-bond donors (Lipinski definition) is 2. The number of aromatic amines is 2. The Morgan fingerprint density at radius 3 is 2.84 bits per heavy atom. The van der Waals surface area contributed by atoms with Gasteiger partial charge in [0, 0.05) is 36.1 Å². The van der Waals surface area contributed by atoms with Crippen LogP contribution in [0.4, 0.5) is 4.39 Å². The lowest BCUT2D eigenvalue weighted by Gasteiger charge is -2.14. The van der Waals surface area contributed by atoms with Gasteiger partial charge in [0.2, 0.25) is 0 Å². The summed E-state index contributed by atoms with van der Waals surface area (Å²) in [6, 6.07) is 9.30. The van der Waals surface area contributed by atoms with Gasteiger partial charge in [-0.1, -0.05) is 0 Å². The number of likely N-dealkylation sites (tertiary alicyclic amines) is 1. The molecule has 0 atom stereocenters. The molecule has 31 heavy (non-hydrogen) atoms. The molecule has 1 aliphatic rings. The van der Waals surface area contributed by atoms with Crippen LogP contribution in [0.3, 0.4) is 0 Å². The largest absolute Gasteiger partial charge is 0.335 e. The summed E-state index contributed by atoms with van der Waals surface area (Å²) in [5.74, 6) is 0.197. The van der Waals surface area contributed by atoms with Crippen molar-refractivity contribution in [3.8, 4) is 22.6 Å². The highest BCUT2D eigenvalue weighted by molar-refractivity contribution is 5.95. The van der Waals surface area contributed by atoms with Gasteiger partial charge >= 0.3 is 0 Å². The third-order valence-electron chi connectivity index (χ3n) is 5.84. The average Bonchev–Trinajstić information content (AvgIpc) is 3.53. The maximum absolute atomic E-state index is 14.9. The summed E-state index contributed by atoms with van der Waals surface area (Å²) in [6.07, 6.45) is 7.85. The molecule has 1 aliphatic heterocycles. The van der Waals surface area contributed by atoms with Crippen LogP contribution in [0.2, 0.25) is 0 Å². The van der Waals surface area contributed by atoms with Crippen LogP contribution in [0.1, 0.15) is 18.4 Å². The molecule has 0 unspecified atom stereocenters. The second kappa shape index (κ2) is 7.24. The summed E-state index contributed by atoms with van der Waals surface area (Å²) in [5.41, 5.74) is 5.12. The molecule has 5 aromatic rings. The first-order valence-corrected chi connectivity index (χ1v) is 10.4. The number of imidazole rings is 1. The van der Waals surface area contributed by atoms with E-state index in [-0.39, 0.29) is 11.3 Å². The molecular weight excluding hydrogens is 393 g/mol. The fourth-order valence-corrected chi connectivity index (χ4v) is 4.32. The van der Waals surface area contributed by atoms with Gasteiger partial charge in [0.05, 0.1) is 5.52 Å². The van der Waals surface area contributed by atoms with Gasteiger partial charge in [-0.25, -0.2) is 14.4 Å². The van der Waals surface area contributed by atoms with Gasteiger partial charge in [0.15, 0.2) is 17.3 Å². The number of pyridine rings is 2. The highest BCUT2D eigenvalue weighted by atomic mass is 19.1. The van der Waals surface area contributed by atoms with Crippen LogP contribution < -0.4 is 0 Å². The van der Waals surface area contributed by atoms with E-state index in [0.29, 0.717) is 22.6 Å². The Kier molecular flexibility index (Phi) is 4.24. The predicted octanol–water partition coefficient (Wildman–Crippen LogP) is 4.30. The first kappa shape index (κ1) is 18.1. The Morgan fingerprint density at radius 1 is 1.06 bits per heavy atom. The topological polar surface area (TPSA) is 86.4 Å².